The van der Waals surface area contributed by atoms with Crippen molar-refractivity contribution in [3.8, 4) is 0 Å². The highest BCUT2D eigenvalue weighted by molar-refractivity contribution is 5.75. The number of hydrogen-bond acceptors (Lipinski definition) is 4. The number of rotatable bonds is 8. The van der Waals surface area contributed by atoms with Gasteiger partial charge in [0.15, 0.2) is 0 Å². The van der Waals surface area contributed by atoms with E-state index in [4.69, 9.17) is 15.9 Å². The number of hydrogen-bond donors (Lipinski definition) is 4. The molecule has 0 aliphatic heterocycles. The zero-order valence-electron chi connectivity index (χ0n) is 8.41. The Hall–Kier alpha value is -0.650. The smallest absolute Gasteiger partial charge is 0.219 e. The van der Waals surface area contributed by atoms with Gasteiger partial charge in [-0.2, -0.15) is 0 Å². The Morgan fingerprint density at radius 2 is 2.07 bits per heavy atom. The van der Waals surface area contributed by atoms with Gasteiger partial charge in [-0.05, 0) is 25.8 Å². The fourth-order valence-corrected chi connectivity index (χ4v) is 1.01. The number of nitrogens with two attached hydrogens (primary N) is 1. The van der Waals surface area contributed by atoms with Crippen LogP contribution in [0.1, 0.15) is 33.1 Å². The number of carbonyl (C=O) groups excluding carboxylic acids is 1. The molecule has 0 bridgehead atoms. The maximum atomic E-state index is 11.1. The molecule has 92 valence electrons. The monoisotopic (exact) mass is 220 g/mol. The third kappa shape index (κ3) is 11.3. The fraction of sp³-hybridized carbons (Fsp3) is 0.900. The van der Waals surface area contributed by atoms with Gasteiger partial charge in [-0.3, -0.25) is 4.79 Å². The predicted molar refractivity (Wildman–Crippen MR) is 60.4 cm³/mol. The zero-order chi connectivity index (χ0) is 10.8. The summed E-state index contributed by atoms with van der Waals surface area (Å²) in [6.07, 6.45) is 1.52. The average molecular weight is 220 g/mol. The third-order valence-corrected chi connectivity index (χ3v) is 1.86. The molecule has 0 saturated heterocycles. The predicted octanol–water partition coefficient (Wildman–Crippen LogP) is -0.389. The minimum atomic E-state index is -0.702. The van der Waals surface area contributed by atoms with Crippen molar-refractivity contribution in [3.63, 3.8) is 0 Å². The molecular formula is C10H24N2O3. The van der Waals surface area contributed by atoms with Crippen LogP contribution in [0.2, 0.25) is 0 Å². The third-order valence-electron chi connectivity index (χ3n) is 1.86. The molecule has 0 aromatic carbocycles. The lowest BCUT2D eigenvalue weighted by atomic mass is 10.1. The molecule has 0 radical (unpaired) electrons. The second-order valence-electron chi connectivity index (χ2n) is 3.22. The summed E-state index contributed by atoms with van der Waals surface area (Å²) in [5, 5.41) is 20.2. The molecule has 5 heteroatoms. The van der Waals surface area contributed by atoms with E-state index in [1.807, 2.05) is 0 Å². The van der Waals surface area contributed by atoms with E-state index < -0.39 is 6.10 Å². The summed E-state index contributed by atoms with van der Waals surface area (Å²) in [5.74, 6) is -0.0245. The molecule has 0 aromatic heterocycles. The fourth-order valence-electron chi connectivity index (χ4n) is 1.01. The lowest BCUT2D eigenvalue weighted by Gasteiger charge is -2.06. The van der Waals surface area contributed by atoms with Crippen LogP contribution in [0, 0.1) is 0 Å². The van der Waals surface area contributed by atoms with Crippen molar-refractivity contribution in [2.75, 3.05) is 19.7 Å². The summed E-state index contributed by atoms with van der Waals surface area (Å²) in [5.41, 5.74) is 5.26. The Morgan fingerprint density at radius 1 is 1.40 bits per heavy atom. The number of aliphatic hydroxyl groups is 2. The summed E-state index contributed by atoms with van der Waals surface area (Å²) in [6, 6.07) is 0. The molecule has 1 amide bonds. The molecule has 0 aliphatic carbocycles. The van der Waals surface area contributed by atoms with Gasteiger partial charge in [0.2, 0.25) is 5.91 Å². The molecule has 15 heavy (non-hydrogen) atoms. The van der Waals surface area contributed by atoms with Crippen molar-refractivity contribution in [1.29, 1.82) is 0 Å². The van der Waals surface area contributed by atoms with Crippen LogP contribution in [0.15, 0.2) is 0 Å². The van der Waals surface area contributed by atoms with Gasteiger partial charge < -0.3 is 21.3 Å². The maximum Gasteiger partial charge on any atom is 0.219 e. The Bertz CT molecular complexity index is 154. The average Bonchev–Trinajstić information content (AvgIpc) is 2.18. The van der Waals surface area contributed by atoms with Crippen LogP contribution in [-0.4, -0.2) is 41.9 Å². The first-order valence-electron chi connectivity index (χ1n) is 4.96. The molecule has 0 saturated carbocycles. The van der Waals surface area contributed by atoms with E-state index in [0.717, 1.165) is 6.42 Å². The first-order chi connectivity index (χ1) is 6.70. The van der Waals surface area contributed by atoms with E-state index in [2.05, 4.69) is 5.32 Å². The van der Waals surface area contributed by atoms with Crippen LogP contribution in [0.4, 0.5) is 0 Å². The van der Waals surface area contributed by atoms with Gasteiger partial charge in [-0.15, -0.1) is 0 Å². The molecule has 5 N–H and O–H groups in total. The highest BCUT2D eigenvalue weighted by Gasteiger charge is 2.04. The van der Waals surface area contributed by atoms with Crippen molar-refractivity contribution >= 4 is 5.91 Å². The van der Waals surface area contributed by atoms with E-state index in [1.54, 1.807) is 0 Å². The Morgan fingerprint density at radius 3 is 2.60 bits per heavy atom. The van der Waals surface area contributed by atoms with E-state index >= 15 is 0 Å². The van der Waals surface area contributed by atoms with Crippen molar-refractivity contribution < 1.29 is 15.0 Å². The molecule has 1 atom stereocenters. The highest BCUT2D eigenvalue weighted by atomic mass is 16.3. The molecule has 0 aromatic rings. The van der Waals surface area contributed by atoms with Crippen LogP contribution in [0.3, 0.4) is 0 Å². The summed E-state index contributed by atoms with van der Waals surface area (Å²) in [6.45, 7) is 0.941. The summed E-state index contributed by atoms with van der Waals surface area (Å²) in [7, 11) is 0. The molecule has 0 fully saturated rings. The molecule has 5 nitrogen and oxygen atoms in total. The summed E-state index contributed by atoms with van der Waals surface area (Å²) >= 11 is 0. The van der Waals surface area contributed by atoms with Gasteiger partial charge in [-0.25, -0.2) is 0 Å². The molecule has 0 heterocycles. The molecule has 0 spiro atoms. The Balaban J connectivity index is 0. The minimum Gasteiger partial charge on any atom is -0.394 e. The molecule has 1 unspecified atom stereocenters. The van der Waals surface area contributed by atoms with Crippen LogP contribution in [-0.2, 0) is 4.79 Å². The van der Waals surface area contributed by atoms with Gasteiger partial charge in [0, 0.05) is 13.0 Å². The number of amides is 1. The Kier molecular flexibility index (Phi) is 12.8. The van der Waals surface area contributed by atoms with E-state index in [0.29, 0.717) is 32.4 Å². The minimum absolute atomic E-state index is 0. The first kappa shape index (κ1) is 16.8. The van der Waals surface area contributed by atoms with Crippen molar-refractivity contribution in [2.24, 2.45) is 5.73 Å². The van der Waals surface area contributed by atoms with Crippen molar-refractivity contribution in [3.05, 3.63) is 0 Å². The molecule has 0 aliphatic rings. The van der Waals surface area contributed by atoms with Crippen LogP contribution in [0.5, 0.6) is 0 Å². The zero-order valence-corrected chi connectivity index (χ0v) is 8.41. The Labute approximate surface area is 91.7 Å². The number of carbonyl (C=O) groups is 1. The maximum absolute atomic E-state index is 11.1. The van der Waals surface area contributed by atoms with E-state index in [-0.39, 0.29) is 19.9 Å². The SMILES string of the molecule is C.NCCCNC(=O)CCCC(O)CO. The lowest BCUT2D eigenvalue weighted by molar-refractivity contribution is -0.121. The van der Waals surface area contributed by atoms with Crippen molar-refractivity contribution in [2.45, 2.75) is 39.2 Å². The normalized spacial score (nSPS) is 11.7. The van der Waals surface area contributed by atoms with E-state index in [9.17, 15) is 4.79 Å². The molecular weight excluding hydrogens is 196 g/mol. The standard InChI is InChI=1S/C9H20N2O3.CH4/c10-5-2-6-11-9(14)4-1-3-8(13)7-12;/h8,12-13H,1-7,10H2,(H,11,14);1H4. The van der Waals surface area contributed by atoms with Gasteiger partial charge >= 0.3 is 0 Å². The van der Waals surface area contributed by atoms with Crippen molar-refractivity contribution in [1.82, 2.24) is 5.32 Å². The number of aliphatic hydroxyl groups excluding tert-OH is 2. The van der Waals surface area contributed by atoms with Gasteiger partial charge in [0.25, 0.3) is 0 Å². The van der Waals surface area contributed by atoms with Gasteiger partial charge in [0.1, 0.15) is 0 Å². The second kappa shape index (κ2) is 11.4. The first-order valence-corrected chi connectivity index (χ1v) is 4.96. The van der Waals surface area contributed by atoms with Crippen LogP contribution < -0.4 is 11.1 Å². The summed E-state index contributed by atoms with van der Waals surface area (Å²) in [4.78, 5) is 11.1. The topological polar surface area (TPSA) is 95.6 Å². The molecule has 0 rings (SSSR count). The van der Waals surface area contributed by atoms with E-state index in [1.165, 1.54) is 0 Å². The number of nitrogens with one attached hydrogen (secondary N) is 1. The van der Waals surface area contributed by atoms with Crippen LogP contribution in [0.25, 0.3) is 0 Å². The second-order valence-corrected chi connectivity index (χ2v) is 3.22. The van der Waals surface area contributed by atoms with Crippen LogP contribution >= 0.6 is 0 Å². The largest absolute Gasteiger partial charge is 0.394 e. The van der Waals surface area contributed by atoms with Gasteiger partial charge in [-0.1, -0.05) is 7.43 Å². The quantitative estimate of drug-likeness (QED) is 0.419. The summed E-state index contributed by atoms with van der Waals surface area (Å²) < 4.78 is 0. The highest BCUT2D eigenvalue weighted by Crippen LogP contribution is 1.99. The lowest BCUT2D eigenvalue weighted by Crippen LogP contribution is -2.26. The van der Waals surface area contributed by atoms with Gasteiger partial charge in [0.05, 0.1) is 12.7 Å².